The minimum absolute atomic E-state index is 0.180. The standard InChI is InChI=1S/C16H23NO2.C12H19N.C2H2O.C2H6/c1-11-3-4-15-13(9-11)14(18)10-16(19-15)12-5-7-17(2)8-6-12;1-4-11-5-7-12(8-6-11)13-9-10(2)3;1-2-3;1-2/h3-4,9,12,14,16,18H,5-8,10H2,1-2H3;5-8,10,13H,4,9H2,1-3H3;1,3H;1-2H3. The van der Waals surface area contributed by atoms with Gasteiger partial charge >= 0.3 is 0 Å². The Morgan fingerprint density at radius 3 is 2.24 bits per heavy atom. The van der Waals surface area contributed by atoms with Crippen LogP contribution in [0.15, 0.2) is 42.5 Å². The summed E-state index contributed by atoms with van der Waals surface area (Å²) in [5.41, 5.74) is 4.77. The molecule has 2 aliphatic heterocycles. The number of anilines is 1. The van der Waals surface area contributed by atoms with Crippen LogP contribution in [0.4, 0.5) is 5.69 Å². The molecule has 2 aromatic rings. The van der Waals surface area contributed by atoms with E-state index in [4.69, 9.17) is 9.84 Å². The summed E-state index contributed by atoms with van der Waals surface area (Å²) in [7, 11) is 2.17. The van der Waals surface area contributed by atoms with Gasteiger partial charge in [-0.1, -0.05) is 64.8 Å². The van der Waals surface area contributed by atoms with Crippen LogP contribution < -0.4 is 10.1 Å². The summed E-state index contributed by atoms with van der Waals surface area (Å²) in [6, 6.07) is 14.8. The first kappa shape index (κ1) is 32.3. The quantitative estimate of drug-likeness (QED) is 0.386. The fraction of sp³-hybridized carbons (Fsp3) is 0.562. The summed E-state index contributed by atoms with van der Waals surface area (Å²) >= 11 is 0. The minimum atomic E-state index is -0.367. The van der Waals surface area contributed by atoms with Gasteiger partial charge in [-0.25, -0.2) is 0 Å². The average Bonchev–Trinajstić information content (AvgIpc) is 2.90. The van der Waals surface area contributed by atoms with E-state index in [0.29, 0.717) is 11.8 Å². The third kappa shape index (κ3) is 11.5. The van der Waals surface area contributed by atoms with Gasteiger partial charge in [0.25, 0.3) is 0 Å². The van der Waals surface area contributed by atoms with E-state index in [0.717, 1.165) is 43.8 Å². The zero-order chi connectivity index (χ0) is 27.8. The molecule has 0 radical (unpaired) electrons. The summed E-state index contributed by atoms with van der Waals surface area (Å²) in [6.07, 6.45) is 9.42. The average molecular weight is 511 g/mol. The molecular formula is C32H50N2O3. The van der Waals surface area contributed by atoms with E-state index in [1.807, 2.05) is 26.0 Å². The highest BCUT2D eigenvalue weighted by atomic mass is 16.5. The molecule has 0 saturated carbocycles. The summed E-state index contributed by atoms with van der Waals surface area (Å²) in [6.45, 7) is 16.0. The number of likely N-dealkylation sites (tertiary alicyclic amines) is 1. The van der Waals surface area contributed by atoms with Gasteiger partial charge in [0.1, 0.15) is 18.0 Å². The van der Waals surface area contributed by atoms with Crippen LogP contribution in [0.25, 0.3) is 0 Å². The van der Waals surface area contributed by atoms with Crippen LogP contribution in [0.5, 0.6) is 5.75 Å². The van der Waals surface area contributed by atoms with Crippen molar-refractivity contribution in [1.82, 2.24) is 4.90 Å². The second-order valence-electron chi connectivity index (χ2n) is 10.0. The van der Waals surface area contributed by atoms with Crippen molar-refractivity contribution in [2.45, 2.75) is 79.4 Å². The number of terminal acetylenes is 1. The molecule has 5 heteroatoms. The number of aryl methyl sites for hydroxylation is 2. The second-order valence-corrected chi connectivity index (χ2v) is 10.0. The molecule has 0 spiro atoms. The zero-order valence-corrected chi connectivity index (χ0v) is 24.1. The van der Waals surface area contributed by atoms with Crippen LogP contribution in [0, 0.1) is 31.3 Å². The lowest BCUT2D eigenvalue weighted by Crippen LogP contribution is -2.40. The highest BCUT2D eigenvalue weighted by Crippen LogP contribution is 2.39. The zero-order valence-electron chi connectivity index (χ0n) is 24.1. The van der Waals surface area contributed by atoms with Gasteiger partial charge in [-0.2, -0.15) is 0 Å². The fourth-order valence-corrected chi connectivity index (χ4v) is 4.46. The molecule has 2 aromatic carbocycles. The van der Waals surface area contributed by atoms with E-state index in [1.165, 1.54) is 35.8 Å². The van der Waals surface area contributed by atoms with Gasteiger partial charge < -0.3 is 25.2 Å². The Morgan fingerprint density at radius 1 is 1.11 bits per heavy atom. The molecule has 2 unspecified atom stereocenters. The molecule has 1 fully saturated rings. The minimum Gasteiger partial charge on any atom is -0.490 e. The number of hydrogen-bond acceptors (Lipinski definition) is 5. The van der Waals surface area contributed by atoms with E-state index in [-0.39, 0.29) is 12.2 Å². The molecule has 0 amide bonds. The molecular weight excluding hydrogens is 460 g/mol. The van der Waals surface area contributed by atoms with Gasteiger partial charge in [0.05, 0.1) is 6.10 Å². The summed E-state index contributed by atoms with van der Waals surface area (Å²) < 4.78 is 6.15. The van der Waals surface area contributed by atoms with Crippen molar-refractivity contribution in [3.05, 3.63) is 59.2 Å². The number of aliphatic hydroxyl groups is 2. The third-order valence-corrected chi connectivity index (χ3v) is 6.62. The van der Waals surface area contributed by atoms with Gasteiger partial charge in [-0.15, -0.1) is 0 Å². The van der Waals surface area contributed by atoms with E-state index in [2.05, 4.69) is 81.7 Å². The first-order chi connectivity index (χ1) is 17.8. The van der Waals surface area contributed by atoms with Crippen LogP contribution in [0.1, 0.15) is 76.7 Å². The molecule has 4 rings (SSSR count). The Kier molecular flexibility index (Phi) is 15.5. The monoisotopic (exact) mass is 510 g/mol. The largest absolute Gasteiger partial charge is 0.490 e. The molecule has 2 aliphatic rings. The second kappa shape index (κ2) is 17.7. The van der Waals surface area contributed by atoms with Crippen molar-refractivity contribution in [1.29, 1.82) is 0 Å². The fourth-order valence-electron chi connectivity index (χ4n) is 4.46. The lowest BCUT2D eigenvalue weighted by Gasteiger charge is -2.38. The van der Waals surface area contributed by atoms with E-state index < -0.39 is 0 Å². The normalized spacial score (nSPS) is 18.8. The van der Waals surface area contributed by atoms with Crippen LogP contribution in [0.3, 0.4) is 0 Å². The van der Waals surface area contributed by atoms with Crippen molar-refractivity contribution < 1.29 is 14.9 Å². The van der Waals surface area contributed by atoms with Gasteiger partial charge in [-0.05, 0) is 88.0 Å². The molecule has 1 saturated heterocycles. The predicted octanol–water partition coefficient (Wildman–Crippen LogP) is 6.81. The third-order valence-electron chi connectivity index (χ3n) is 6.62. The lowest BCUT2D eigenvalue weighted by molar-refractivity contribution is 0.0156. The van der Waals surface area contributed by atoms with Gasteiger partial charge in [-0.3, -0.25) is 0 Å². The number of hydrogen-bond donors (Lipinski definition) is 3. The molecule has 2 atom stereocenters. The number of nitrogens with one attached hydrogen (secondary N) is 1. The number of nitrogens with zero attached hydrogens (tertiary/aromatic N) is 1. The van der Waals surface area contributed by atoms with Crippen LogP contribution >= 0.6 is 0 Å². The topological polar surface area (TPSA) is 65.0 Å². The Bertz CT molecular complexity index is 913. The molecule has 37 heavy (non-hydrogen) atoms. The summed E-state index contributed by atoms with van der Waals surface area (Å²) in [5.74, 6) is 2.17. The highest BCUT2D eigenvalue weighted by Gasteiger charge is 2.33. The first-order valence-corrected chi connectivity index (χ1v) is 13.8. The Labute approximate surface area is 226 Å². The van der Waals surface area contributed by atoms with Crippen LogP contribution in [-0.4, -0.2) is 47.9 Å². The van der Waals surface area contributed by atoms with E-state index >= 15 is 0 Å². The Hall–Kier alpha value is -2.68. The van der Waals surface area contributed by atoms with Crippen molar-refractivity contribution in [3.8, 4) is 18.3 Å². The van der Waals surface area contributed by atoms with Crippen LogP contribution in [-0.2, 0) is 6.42 Å². The maximum Gasteiger partial charge on any atom is 0.125 e. The van der Waals surface area contributed by atoms with Gasteiger partial charge in [0, 0.05) is 24.2 Å². The summed E-state index contributed by atoms with van der Waals surface area (Å²) in [4.78, 5) is 2.37. The molecule has 3 N–H and O–H groups in total. The van der Waals surface area contributed by atoms with Crippen molar-refractivity contribution in [2.75, 3.05) is 32.0 Å². The summed E-state index contributed by atoms with van der Waals surface area (Å²) in [5, 5.41) is 20.8. The Morgan fingerprint density at radius 2 is 1.70 bits per heavy atom. The first-order valence-electron chi connectivity index (χ1n) is 13.8. The number of fused-ring (bicyclic) bond motifs is 1. The lowest BCUT2D eigenvalue weighted by atomic mass is 9.85. The molecule has 206 valence electrons. The predicted molar refractivity (Wildman–Crippen MR) is 157 cm³/mol. The van der Waals surface area contributed by atoms with Gasteiger partial charge in [0.15, 0.2) is 0 Å². The number of piperidine rings is 1. The van der Waals surface area contributed by atoms with E-state index in [1.54, 1.807) is 0 Å². The maximum atomic E-state index is 10.3. The van der Waals surface area contributed by atoms with Crippen LogP contribution in [0.2, 0.25) is 0 Å². The number of rotatable bonds is 5. The van der Waals surface area contributed by atoms with Gasteiger partial charge in [0.2, 0.25) is 0 Å². The molecule has 0 aliphatic carbocycles. The van der Waals surface area contributed by atoms with Crippen molar-refractivity contribution in [3.63, 3.8) is 0 Å². The molecule has 2 heterocycles. The van der Waals surface area contributed by atoms with Crippen molar-refractivity contribution in [2.24, 2.45) is 11.8 Å². The smallest absolute Gasteiger partial charge is 0.125 e. The van der Waals surface area contributed by atoms with E-state index in [9.17, 15) is 5.11 Å². The highest BCUT2D eigenvalue weighted by molar-refractivity contribution is 5.44. The Balaban J connectivity index is 0.000000332. The molecule has 0 bridgehead atoms. The molecule has 5 nitrogen and oxygen atoms in total. The number of ether oxygens (including phenoxy) is 1. The molecule has 0 aromatic heterocycles. The maximum absolute atomic E-state index is 10.3. The number of benzene rings is 2. The van der Waals surface area contributed by atoms with Crippen molar-refractivity contribution >= 4 is 5.69 Å². The SMILES string of the molecule is C#CO.CC.CCc1ccc(NCC(C)C)cc1.Cc1ccc2c(c1)C(O)CC(C1CCN(C)CC1)O2. The number of aliphatic hydroxyl groups excluding tert-OH is 2.